The van der Waals surface area contributed by atoms with Crippen molar-refractivity contribution in [2.45, 2.75) is 6.04 Å². The van der Waals surface area contributed by atoms with E-state index in [4.69, 9.17) is 17.3 Å². The molecule has 0 bridgehead atoms. The van der Waals surface area contributed by atoms with E-state index in [1.807, 2.05) is 0 Å². The Labute approximate surface area is 102 Å². The van der Waals surface area contributed by atoms with Crippen molar-refractivity contribution in [2.75, 3.05) is 0 Å². The van der Waals surface area contributed by atoms with Gasteiger partial charge in [-0.15, -0.1) is 0 Å². The van der Waals surface area contributed by atoms with Gasteiger partial charge >= 0.3 is 0 Å². The molecule has 0 spiro atoms. The molecule has 1 aromatic heterocycles. The van der Waals surface area contributed by atoms with E-state index in [0.717, 1.165) is 12.1 Å². The maximum absolute atomic E-state index is 13.1. The first-order valence-corrected chi connectivity index (χ1v) is 5.26. The van der Waals surface area contributed by atoms with Gasteiger partial charge in [-0.2, -0.15) is 5.10 Å². The Hall–Kier alpha value is -1.46. The zero-order valence-corrected chi connectivity index (χ0v) is 9.75. The van der Waals surface area contributed by atoms with Gasteiger partial charge in [-0.05, 0) is 17.7 Å². The first-order chi connectivity index (χ1) is 8.00. The lowest BCUT2D eigenvalue weighted by Crippen LogP contribution is -2.16. The van der Waals surface area contributed by atoms with Gasteiger partial charge in [0.2, 0.25) is 0 Å². The standard InChI is InChI=1S/C11H10ClF2N3/c1-17-11(7(12)5-16-17)10(15)6-2-3-8(13)9(14)4-6/h2-5,10H,15H2,1H3. The fourth-order valence-corrected chi connectivity index (χ4v) is 1.92. The number of hydrogen-bond acceptors (Lipinski definition) is 2. The van der Waals surface area contributed by atoms with Crippen LogP contribution in [0.5, 0.6) is 0 Å². The Morgan fingerprint density at radius 3 is 2.59 bits per heavy atom. The largest absolute Gasteiger partial charge is 0.319 e. The summed E-state index contributed by atoms with van der Waals surface area (Å²) < 4.78 is 27.4. The molecule has 17 heavy (non-hydrogen) atoms. The van der Waals surface area contributed by atoms with Crippen molar-refractivity contribution in [1.82, 2.24) is 9.78 Å². The number of benzene rings is 1. The molecule has 90 valence electrons. The Morgan fingerprint density at radius 2 is 2.06 bits per heavy atom. The molecule has 1 unspecified atom stereocenters. The SMILES string of the molecule is Cn1ncc(Cl)c1C(N)c1ccc(F)c(F)c1. The van der Waals surface area contributed by atoms with E-state index in [2.05, 4.69) is 5.10 Å². The van der Waals surface area contributed by atoms with Crippen molar-refractivity contribution < 1.29 is 8.78 Å². The van der Waals surface area contributed by atoms with E-state index in [1.54, 1.807) is 7.05 Å². The number of aryl methyl sites for hydroxylation is 1. The van der Waals surface area contributed by atoms with Crippen molar-refractivity contribution in [1.29, 1.82) is 0 Å². The fraction of sp³-hybridized carbons (Fsp3) is 0.182. The predicted molar refractivity (Wildman–Crippen MR) is 60.6 cm³/mol. The lowest BCUT2D eigenvalue weighted by atomic mass is 10.0. The van der Waals surface area contributed by atoms with Crippen LogP contribution in [0.3, 0.4) is 0 Å². The quantitative estimate of drug-likeness (QED) is 0.898. The van der Waals surface area contributed by atoms with Crippen molar-refractivity contribution in [3.63, 3.8) is 0 Å². The monoisotopic (exact) mass is 257 g/mol. The molecule has 3 nitrogen and oxygen atoms in total. The summed E-state index contributed by atoms with van der Waals surface area (Å²) in [5.41, 5.74) is 6.94. The summed E-state index contributed by atoms with van der Waals surface area (Å²) in [6.45, 7) is 0. The number of rotatable bonds is 2. The highest BCUT2D eigenvalue weighted by molar-refractivity contribution is 6.31. The van der Waals surface area contributed by atoms with Gasteiger partial charge < -0.3 is 5.73 Å². The number of aromatic nitrogens is 2. The minimum absolute atomic E-state index is 0.393. The van der Waals surface area contributed by atoms with Gasteiger partial charge in [-0.25, -0.2) is 8.78 Å². The molecule has 0 radical (unpaired) electrons. The molecule has 1 aromatic carbocycles. The summed E-state index contributed by atoms with van der Waals surface area (Å²) in [5.74, 6) is -1.84. The highest BCUT2D eigenvalue weighted by Crippen LogP contribution is 2.26. The van der Waals surface area contributed by atoms with Gasteiger partial charge in [-0.1, -0.05) is 17.7 Å². The molecule has 0 saturated carbocycles. The molecule has 0 amide bonds. The third-order valence-electron chi connectivity index (χ3n) is 2.53. The average molecular weight is 258 g/mol. The summed E-state index contributed by atoms with van der Waals surface area (Å²) in [4.78, 5) is 0. The maximum Gasteiger partial charge on any atom is 0.159 e. The molecule has 0 aliphatic carbocycles. The second-order valence-electron chi connectivity index (χ2n) is 3.65. The van der Waals surface area contributed by atoms with Gasteiger partial charge in [0.15, 0.2) is 11.6 Å². The number of halogens is 3. The molecular formula is C11H10ClF2N3. The molecule has 0 aliphatic heterocycles. The summed E-state index contributed by atoms with van der Waals surface area (Å²) in [6.07, 6.45) is 1.45. The summed E-state index contributed by atoms with van der Waals surface area (Å²) in [6, 6.07) is 2.87. The molecular weight excluding hydrogens is 248 g/mol. The van der Waals surface area contributed by atoms with Crippen LogP contribution in [0.2, 0.25) is 5.02 Å². The molecule has 1 heterocycles. The van der Waals surface area contributed by atoms with Crippen LogP contribution in [-0.4, -0.2) is 9.78 Å². The predicted octanol–water partition coefficient (Wildman–Crippen LogP) is 2.40. The molecule has 0 saturated heterocycles. The normalized spacial score (nSPS) is 12.8. The van der Waals surface area contributed by atoms with Crippen LogP contribution in [0.15, 0.2) is 24.4 Å². The second kappa shape index (κ2) is 4.43. The van der Waals surface area contributed by atoms with Crippen molar-refractivity contribution in [2.24, 2.45) is 12.8 Å². The van der Waals surface area contributed by atoms with E-state index in [9.17, 15) is 8.78 Å². The Kier molecular flexibility index (Phi) is 3.13. The second-order valence-corrected chi connectivity index (χ2v) is 4.06. The zero-order chi connectivity index (χ0) is 12.6. The number of nitrogens with zero attached hydrogens (tertiary/aromatic N) is 2. The fourth-order valence-electron chi connectivity index (χ4n) is 1.63. The minimum Gasteiger partial charge on any atom is -0.319 e. The Balaban J connectivity index is 2.43. The summed E-state index contributed by atoms with van der Waals surface area (Å²) in [5, 5.41) is 4.33. The first kappa shape index (κ1) is 12.0. The van der Waals surface area contributed by atoms with Crippen LogP contribution >= 0.6 is 11.6 Å². The number of hydrogen-bond donors (Lipinski definition) is 1. The zero-order valence-electron chi connectivity index (χ0n) is 8.99. The summed E-state index contributed by atoms with van der Waals surface area (Å²) in [7, 11) is 1.68. The van der Waals surface area contributed by atoms with E-state index < -0.39 is 17.7 Å². The highest BCUT2D eigenvalue weighted by atomic mass is 35.5. The third-order valence-corrected chi connectivity index (χ3v) is 2.83. The molecule has 0 fully saturated rings. The molecule has 2 aromatic rings. The van der Waals surface area contributed by atoms with Crippen LogP contribution in [0.1, 0.15) is 17.3 Å². The molecule has 1 atom stereocenters. The van der Waals surface area contributed by atoms with Gasteiger partial charge in [0.05, 0.1) is 23.0 Å². The van der Waals surface area contributed by atoms with Crippen molar-refractivity contribution >= 4 is 11.6 Å². The molecule has 2 N–H and O–H groups in total. The number of nitrogens with two attached hydrogens (primary N) is 1. The molecule has 0 aliphatic rings. The molecule has 6 heteroatoms. The third kappa shape index (κ3) is 2.16. The van der Waals surface area contributed by atoms with E-state index >= 15 is 0 Å². The van der Waals surface area contributed by atoms with E-state index in [1.165, 1.54) is 16.9 Å². The average Bonchev–Trinajstić information content (AvgIpc) is 2.62. The van der Waals surface area contributed by atoms with Crippen LogP contribution in [-0.2, 0) is 7.05 Å². The van der Waals surface area contributed by atoms with Crippen molar-refractivity contribution in [3.8, 4) is 0 Å². The lowest BCUT2D eigenvalue weighted by molar-refractivity contribution is 0.505. The van der Waals surface area contributed by atoms with Gasteiger partial charge in [0, 0.05) is 7.05 Å². The molecule has 2 rings (SSSR count). The van der Waals surface area contributed by atoms with Crippen LogP contribution in [0, 0.1) is 11.6 Å². The van der Waals surface area contributed by atoms with Crippen LogP contribution in [0.4, 0.5) is 8.78 Å². The van der Waals surface area contributed by atoms with E-state index in [-0.39, 0.29) is 0 Å². The van der Waals surface area contributed by atoms with Crippen molar-refractivity contribution in [3.05, 3.63) is 52.3 Å². The van der Waals surface area contributed by atoms with Gasteiger partial charge in [0.1, 0.15) is 0 Å². The summed E-state index contributed by atoms with van der Waals surface area (Å²) >= 11 is 5.93. The topological polar surface area (TPSA) is 43.8 Å². The van der Waals surface area contributed by atoms with Crippen LogP contribution < -0.4 is 5.73 Å². The van der Waals surface area contributed by atoms with E-state index in [0.29, 0.717) is 16.3 Å². The smallest absolute Gasteiger partial charge is 0.159 e. The minimum atomic E-state index is -0.934. The Bertz CT molecular complexity index is 534. The Morgan fingerprint density at radius 1 is 1.35 bits per heavy atom. The lowest BCUT2D eigenvalue weighted by Gasteiger charge is -2.13. The highest BCUT2D eigenvalue weighted by Gasteiger charge is 2.18. The maximum atomic E-state index is 13.1. The van der Waals surface area contributed by atoms with Gasteiger partial charge in [0.25, 0.3) is 0 Å². The van der Waals surface area contributed by atoms with Gasteiger partial charge in [-0.3, -0.25) is 4.68 Å². The van der Waals surface area contributed by atoms with Crippen LogP contribution in [0.25, 0.3) is 0 Å². The first-order valence-electron chi connectivity index (χ1n) is 4.88.